The van der Waals surface area contributed by atoms with Gasteiger partial charge in [-0.1, -0.05) is 17.7 Å². The Morgan fingerprint density at radius 2 is 2.16 bits per heavy atom. The SMILES string of the molecule is Cc1ccc(Oc2nc3cc(-c4c[nH+]c5c(c4)OCCN5C)c(Cl)cc3[nH]2)cc1C(=O)O. The molecule has 0 aliphatic carbocycles. The van der Waals surface area contributed by atoms with Gasteiger partial charge in [-0.05, 0) is 36.8 Å². The number of aromatic nitrogens is 3. The number of carbonyl (C=O) groups is 1. The van der Waals surface area contributed by atoms with Crippen molar-refractivity contribution in [1.29, 1.82) is 0 Å². The summed E-state index contributed by atoms with van der Waals surface area (Å²) in [5, 5.41) is 9.87. The molecule has 162 valence electrons. The number of fused-ring (bicyclic) bond motifs is 2. The van der Waals surface area contributed by atoms with Crippen molar-refractivity contribution < 1.29 is 24.4 Å². The van der Waals surface area contributed by atoms with Gasteiger partial charge in [-0.15, -0.1) is 0 Å². The smallest absolute Gasteiger partial charge is 0.336 e. The maximum Gasteiger partial charge on any atom is 0.336 e. The number of anilines is 1. The lowest BCUT2D eigenvalue weighted by Gasteiger charge is -2.20. The van der Waals surface area contributed by atoms with Gasteiger partial charge in [0.1, 0.15) is 18.9 Å². The molecule has 8 nitrogen and oxygen atoms in total. The molecule has 4 aromatic rings. The number of aromatic carboxylic acids is 1. The van der Waals surface area contributed by atoms with Crippen molar-refractivity contribution in [2.45, 2.75) is 6.92 Å². The lowest BCUT2D eigenvalue weighted by atomic mass is 10.1. The Bertz CT molecular complexity index is 1370. The number of carboxylic acids is 1. The van der Waals surface area contributed by atoms with Crippen LogP contribution in [0.1, 0.15) is 15.9 Å². The van der Waals surface area contributed by atoms with Crippen LogP contribution < -0.4 is 19.4 Å². The summed E-state index contributed by atoms with van der Waals surface area (Å²) >= 11 is 6.57. The van der Waals surface area contributed by atoms with Gasteiger partial charge in [0.05, 0.1) is 34.9 Å². The molecule has 5 rings (SSSR count). The zero-order chi connectivity index (χ0) is 22.4. The van der Waals surface area contributed by atoms with Gasteiger partial charge in [0.25, 0.3) is 6.01 Å². The van der Waals surface area contributed by atoms with Crippen LogP contribution in [0.5, 0.6) is 17.5 Å². The van der Waals surface area contributed by atoms with Crippen LogP contribution >= 0.6 is 11.6 Å². The third kappa shape index (κ3) is 3.58. The van der Waals surface area contributed by atoms with Gasteiger partial charge < -0.3 is 19.6 Å². The number of nitrogens with one attached hydrogen (secondary N) is 2. The van der Waals surface area contributed by atoms with E-state index in [4.69, 9.17) is 21.1 Å². The first-order chi connectivity index (χ1) is 15.4. The van der Waals surface area contributed by atoms with E-state index in [0.29, 0.717) is 34.0 Å². The van der Waals surface area contributed by atoms with Crippen molar-refractivity contribution in [2.24, 2.45) is 0 Å². The quantitative estimate of drug-likeness (QED) is 0.479. The first-order valence-electron chi connectivity index (χ1n) is 10.00. The summed E-state index contributed by atoms with van der Waals surface area (Å²) in [4.78, 5) is 24.3. The van der Waals surface area contributed by atoms with Crippen molar-refractivity contribution in [2.75, 3.05) is 25.1 Å². The number of aryl methyl sites for hydroxylation is 1. The van der Waals surface area contributed by atoms with E-state index in [2.05, 4.69) is 19.9 Å². The van der Waals surface area contributed by atoms with Crippen LogP contribution in [-0.4, -0.2) is 41.2 Å². The number of rotatable bonds is 4. The molecule has 2 aromatic heterocycles. The number of carboxylic acid groups (broad SMARTS) is 1. The number of benzene rings is 2. The summed E-state index contributed by atoms with van der Waals surface area (Å²) in [6.07, 6.45) is 1.89. The summed E-state index contributed by atoms with van der Waals surface area (Å²) < 4.78 is 11.6. The van der Waals surface area contributed by atoms with E-state index < -0.39 is 5.97 Å². The Morgan fingerprint density at radius 3 is 2.97 bits per heavy atom. The molecule has 0 radical (unpaired) electrons. The fourth-order valence-corrected chi connectivity index (χ4v) is 3.99. The van der Waals surface area contributed by atoms with E-state index in [9.17, 15) is 9.90 Å². The number of hydrogen-bond donors (Lipinski definition) is 2. The number of aromatic amines is 2. The first kappa shape index (κ1) is 20.1. The number of ether oxygens (including phenoxy) is 2. The summed E-state index contributed by atoms with van der Waals surface area (Å²) in [7, 11) is 2.01. The van der Waals surface area contributed by atoms with E-state index >= 15 is 0 Å². The Morgan fingerprint density at radius 1 is 1.31 bits per heavy atom. The molecule has 1 aliphatic rings. The minimum absolute atomic E-state index is 0.181. The molecule has 0 amide bonds. The Balaban J connectivity index is 1.49. The maximum atomic E-state index is 11.4. The highest BCUT2D eigenvalue weighted by molar-refractivity contribution is 6.34. The van der Waals surface area contributed by atoms with E-state index in [0.717, 1.165) is 29.2 Å². The zero-order valence-corrected chi connectivity index (χ0v) is 18.2. The van der Waals surface area contributed by atoms with Crippen LogP contribution in [0.2, 0.25) is 5.02 Å². The molecule has 0 unspecified atom stereocenters. The molecule has 1 aliphatic heterocycles. The topological polar surface area (TPSA) is 102 Å². The third-order valence-electron chi connectivity index (χ3n) is 5.46. The second kappa shape index (κ2) is 7.72. The number of likely N-dealkylation sites (N-methyl/N-ethyl adjacent to an activating group) is 1. The summed E-state index contributed by atoms with van der Waals surface area (Å²) in [5.74, 6) is 1.06. The second-order valence-electron chi connectivity index (χ2n) is 7.65. The second-order valence-corrected chi connectivity index (χ2v) is 8.05. The van der Waals surface area contributed by atoms with Crippen molar-refractivity contribution in [1.82, 2.24) is 9.97 Å². The van der Waals surface area contributed by atoms with Gasteiger partial charge in [0.2, 0.25) is 5.75 Å². The van der Waals surface area contributed by atoms with Crippen molar-refractivity contribution in [3.63, 3.8) is 0 Å². The molecule has 0 atom stereocenters. The lowest BCUT2D eigenvalue weighted by molar-refractivity contribution is -0.364. The normalized spacial score (nSPS) is 13.0. The molecule has 0 fully saturated rings. The van der Waals surface area contributed by atoms with E-state index in [-0.39, 0.29) is 11.6 Å². The number of nitrogens with zero attached hydrogens (tertiary/aromatic N) is 2. The first-order valence-corrected chi connectivity index (χ1v) is 10.4. The standard InChI is InChI=1S/C23H19ClN4O4/c1-12-3-4-14(8-15(12)22(29)30)32-23-26-18-9-16(17(24)10-19(18)27-23)13-7-20-21(25-11-13)28(2)5-6-31-20/h3-4,7-11H,5-6H2,1-2H3,(H,26,27)(H,29,30)/p+1. The van der Waals surface area contributed by atoms with Gasteiger partial charge in [0, 0.05) is 17.2 Å². The summed E-state index contributed by atoms with van der Waals surface area (Å²) in [6, 6.07) is 10.7. The molecule has 32 heavy (non-hydrogen) atoms. The average molecular weight is 452 g/mol. The lowest BCUT2D eigenvalue weighted by Crippen LogP contribution is -2.33. The Labute approximate surface area is 188 Å². The van der Waals surface area contributed by atoms with E-state index in [1.54, 1.807) is 25.1 Å². The fraction of sp³-hybridized carbons (Fsp3) is 0.174. The third-order valence-corrected chi connectivity index (χ3v) is 5.78. The monoisotopic (exact) mass is 451 g/mol. The highest BCUT2D eigenvalue weighted by atomic mass is 35.5. The summed E-state index contributed by atoms with van der Waals surface area (Å²) in [6.45, 7) is 3.18. The van der Waals surface area contributed by atoms with Gasteiger partial charge in [-0.2, -0.15) is 4.98 Å². The molecule has 2 aromatic carbocycles. The molecule has 0 spiro atoms. The minimum atomic E-state index is -1.01. The molecular weight excluding hydrogens is 432 g/mol. The highest BCUT2D eigenvalue weighted by Crippen LogP contribution is 2.36. The van der Waals surface area contributed by atoms with Gasteiger partial charge in [-0.3, -0.25) is 4.90 Å². The average Bonchev–Trinajstić information content (AvgIpc) is 3.15. The number of halogens is 1. The van der Waals surface area contributed by atoms with E-state index in [1.165, 1.54) is 6.07 Å². The molecule has 9 heteroatoms. The van der Waals surface area contributed by atoms with Crippen molar-refractivity contribution in [3.05, 3.63) is 58.7 Å². The van der Waals surface area contributed by atoms with Crippen LogP contribution in [-0.2, 0) is 0 Å². The Kier molecular flexibility index (Phi) is 4.86. The van der Waals surface area contributed by atoms with Crippen LogP contribution in [0.15, 0.2) is 42.6 Å². The number of H-pyrrole nitrogens is 2. The summed E-state index contributed by atoms with van der Waals surface area (Å²) in [5.41, 5.74) is 3.89. The number of pyridine rings is 1. The van der Waals surface area contributed by atoms with Crippen LogP contribution in [0.3, 0.4) is 0 Å². The predicted molar refractivity (Wildman–Crippen MR) is 120 cm³/mol. The molecule has 3 heterocycles. The zero-order valence-electron chi connectivity index (χ0n) is 17.4. The maximum absolute atomic E-state index is 11.4. The fourth-order valence-electron chi connectivity index (χ4n) is 3.72. The molecule has 0 saturated heterocycles. The molecular formula is C23H20ClN4O4+. The van der Waals surface area contributed by atoms with Crippen molar-refractivity contribution >= 4 is 34.4 Å². The van der Waals surface area contributed by atoms with E-state index in [1.807, 2.05) is 25.4 Å². The van der Waals surface area contributed by atoms with Crippen LogP contribution in [0.25, 0.3) is 22.2 Å². The van der Waals surface area contributed by atoms with Crippen LogP contribution in [0.4, 0.5) is 5.82 Å². The molecule has 3 N–H and O–H groups in total. The number of hydrogen-bond acceptors (Lipinski definition) is 5. The minimum Gasteiger partial charge on any atom is -0.482 e. The van der Waals surface area contributed by atoms with Gasteiger partial charge in [-0.25, -0.2) is 9.78 Å². The number of imidazole rings is 1. The predicted octanol–water partition coefficient (Wildman–Crippen LogP) is 4.32. The molecule has 0 bridgehead atoms. The van der Waals surface area contributed by atoms with Gasteiger partial charge in [0.15, 0.2) is 0 Å². The largest absolute Gasteiger partial charge is 0.482 e. The van der Waals surface area contributed by atoms with Crippen LogP contribution in [0, 0.1) is 6.92 Å². The highest BCUT2D eigenvalue weighted by Gasteiger charge is 2.24. The molecule has 0 saturated carbocycles. The Hall–Kier alpha value is -3.78. The van der Waals surface area contributed by atoms with Gasteiger partial charge >= 0.3 is 11.8 Å². The van der Waals surface area contributed by atoms with Crippen molar-refractivity contribution in [3.8, 4) is 28.6 Å².